The van der Waals surface area contributed by atoms with E-state index in [9.17, 15) is 9.59 Å². The van der Waals surface area contributed by atoms with E-state index in [2.05, 4.69) is 15.3 Å². The molecule has 9 nitrogen and oxygen atoms in total. The molecule has 9 heteroatoms. The maximum Gasteiger partial charge on any atom is 0.359 e. The number of esters is 1. The van der Waals surface area contributed by atoms with Crippen molar-refractivity contribution in [2.75, 3.05) is 0 Å². The summed E-state index contributed by atoms with van der Waals surface area (Å²) < 4.78 is 17.2. The van der Waals surface area contributed by atoms with Crippen LogP contribution in [0.2, 0.25) is 0 Å². The molecule has 3 aromatic heterocycles. The molecule has 0 aliphatic rings. The fourth-order valence-corrected chi connectivity index (χ4v) is 2.86. The van der Waals surface area contributed by atoms with Crippen LogP contribution in [0.3, 0.4) is 0 Å². The molecule has 0 aliphatic carbocycles. The molecule has 3 heterocycles. The first-order valence-electron chi connectivity index (χ1n) is 9.06. The Morgan fingerprint density at radius 3 is 2.66 bits per heavy atom. The number of carbonyl (C=O) groups excluding carboxylic acids is 1. The predicted molar refractivity (Wildman–Crippen MR) is 102 cm³/mol. The summed E-state index contributed by atoms with van der Waals surface area (Å²) in [5.74, 6) is 0.225. The Balaban J connectivity index is 1.60. The molecule has 0 saturated heterocycles. The van der Waals surface area contributed by atoms with Gasteiger partial charge in [0.25, 0.3) is 17.3 Å². The number of nitrogens with zero attached hydrogens (tertiary/aromatic N) is 4. The molecular formula is C20H18N4O5. The molecule has 4 aromatic rings. The first kappa shape index (κ1) is 18.6. The van der Waals surface area contributed by atoms with Crippen molar-refractivity contribution in [3.63, 3.8) is 0 Å². The van der Waals surface area contributed by atoms with Gasteiger partial charge in [0.2, 0.25) is 0 Å². The van der Waals surface area contributed by atoms with Crippen LogP contribution in [0.5, 0.6) is 0 Å². The molecule has 0 N–H and O–H groups in total. The predicted octanol–water partition coefficient (Wildman–Crippen LogP) is 3.05. The van der Waals surface area contributed by atoms with Gasteiger partial charge in [-0.3, -0.25) is 4.79 Å². The van der Waals surface area contributed by atoms with Gasteiger partial charge in [-0.1, -0.05) is 32.0 Å². The Morgan fingerprint density at radius 1 is 1.14 bits per heavy atom. The number of hydrogen-bond donors (Lipinski definition) is 0. The Labute approximate surface area is 164 Å². The second-order valence-corrected chi connectivity index (χ2v) is 6.83. The molecule has 29 heavy (non-hydrogen) atoms. The molecule has 0 amide bonds. The normalized spacial score (nSPS) is 11.3. The molecule has 4 rings (SSSR count). The van der Waals surface area contributed by atoms with Crippen molar-refractivity contribution >= 4 is 16.7 Å². The number of fused-ring (bicyclic) bond motifs is 1. The van der Waals surface area contributed by atoms with Gasteiger partial charge in [0, 0.05) is 11.9 Å². The number of benzene rings is 1. The first-order valence-corrected chi connectivity index (χ1v) is 9.06. The largest absolute Gasteiger partial charge is 0.459 e. The molecule has 0 unspecified atom stereocenters. The van der Waals surface area contributed by atoms with E-state index in [4.69, 9.17) is 13.6 Å². The summed E-state index contributed by atoms with van der Waals surface area (Å²) in [7, 11) is 0. The van der Waals surface area contributed by atoms with Gasteiger partial charge in [0.05, 0.1) is 11.6 Å². The second kappa shape index (κ2) is 7.70. The highest BCUT2D eigenvalue weighted by Gasteiger charge is 2.20. The smallest absolute Gasteiger partial charge is 0.359 e. The minimum absolute atomic E-state index is 0.0617. The molecular weight excluding hydrogens is 376 g/mol. The van der Waals surface area contributed by atoms with Crippen LogP contribution in [0.15, 0.2) is 56.3 Å². The zero-order valence-electron chi connectivity index (χ0n) is 15.9. The zero-order valence-corrected chi connectivity index (χ0v) is 15.9. The standard InChI is InChI=1S/C20H18N4O5/c1-12(2)10-24-19(25)14-7-4-3-6-13(14)17(23-24)20(26)28-11-16-21-22-18(29-16)15-8-5-9-27-15/h3-9,12H,10-11H2,1-2H3. The summed E-state index contributed by atoms with van der Waals surface area (Å²) in [6.07, 6.45) is 1.49. The third-order valence-corrected chi connectivity index (χ3v) is 4.12. The Hall–Kier alpha value is -3.75. The molecule has 0 spiro atoms. The Morgan fingerprint density at radius 2 is 1.93 bits per heavy atom. The van der Waals surface area contributed by atoms with Crippen LogP contribution in [0.1, 0.15) is 30.2 Å². The van der Waals surface area contributed by atoms with Crippen molar-refractivity contribution in [3.8, 4) is 11.7 Å². The van der Waals surface area contributed by atoms with E-state index < -0.39 is 5.97 Å². The molecule has 0 aliphatic heterocycles. The molecule has 0 fully saturated rings. The number of carbonyl (C=O) groups is 1. The van der Waals surface area contributed by atoms with Crippen LogP contribution in [0, 0.1) is 5.92 Å². The van der Waals surface area contributed by atoms with E-state index in [1.54, 1.807) is 36.4 Å². The molecule has 148 valence electrons. The van der Waals surface area contributed by atoms with Crippen LogP contribution >= 0.6 is 0 Å². The first-order chi connectivity index (χ1) is 14.0. The zero-order chi connectivity index (χ0) is 20.4. The summed E-state index contributed by atoms with van der Waals surface area (Å²) in [5, 5.41) is 12.8. The average molecular weight is 394 g/mol. The van der Waals surface area contributed by atoms with Gasteiger partial charge in [-0.2, -0.15) is 5.10 Å². The Kier molecular flexibility index (Phi) is 4.94. The van der Waals surface area contributed by atoms with Crippen LogP contribution in [0.4, 0.5) is 0 Å². The summed E-state index contributed by atoms with van der Waals surface area (Å²) in [5.41, 5.74) is -0.183. The number of ether oxygens (including phenoxy) is 1. The van der Waals surface area contributed by atoms with Gasteiger partial charge in [-0.15, -0.1) is 10.2 Å². The van der Waals surface area contributed by atoms with Crippen molar-refractivity contribution in [2.24, 2.45) is 5.92 Å². The monoisotopic (exact) mass is 394 g/mol. The van der Waals surface area contributed by atoms with Crippen LogP contribution in [-0.2, 0) is 17.9 Å². The topological polar surface area (TPSA) is 113 Å². The lowest BCUT2D eigenvalue weighted by atomic mass is 10.1. The maximum atomic E-state index is 12.7. The van der Waals surface area contributed by atoms with Crippen molar-refractivity contribution < 1.29 is 18.4 Å². The molecule has 1 aromatic carbocycles. The lowest BCUT2D eigenvalue weighted by Crippen LogP contribution is -2.28. The summed E-state index contributed by atoms with van der Waals surface area (Å²) in [4.78, 5) is 25.3. The summed E-state index contributed by atoms with van der Waals surface area (Å²) >= 11 is 0. The van der Waals surface area contributed by atoms with Crippen molar-refractivity contribution in [2.45, 2.75) is 27.0 Å². The van der Waals surface area contributed by atoms with Gasteiger partial charge in [-0.05, 0) is 24.1 Å². The minimum Gasteiger partial charge on any atom is -0.459 e. The van der Waals surface area contributed by atoms with E-state index in [0.717, 1.165) is 0 Å². The highest BCUT2D eigenvalue weighted by atomic mass is 16.5. The van der Waals surface area contributed by atoms with Crippen LogP contribution in [0.25, 0.3) is 22.4 Å². The van der Waals surface area contributed by atoms with Gasteiger partial charge in [0.15, 0.2) is 18.1 Å². The van der Waals surface area contributed by atoms with Gasteiger partial charge >= 0.3 is 5.97 Å². The van der Waals surface area contributed by atoms with E-state index in [1.807, 2.05) is 13.8 Å². The van der Waals surface area contributed by atoms with Crippen LogP contribution < -0.4 is 5.56 Å². The lowest BCUT2D eigenvalue weighted by molar-refractivity contribution is 0.0431. The SMILES string of the molecule is CC(C)Cn1nc(C(=O)OCc2nnc(-c3ccco3)o2)c2ccccc2c1=O. The number of rotatable bonds is 6. The second-order valence-electron chi connectivity index (χ2n) is 6.83. The number of hydrogen-bond acceptors (Lipinski definition) is 8. The Bertz CT molecular complexity index is 1210. The summed E-state index contributed by atoms with van der Waals surface area (Å²) in [6, 6.07) is 10.2. The molecule has 0 saturated carbocycles. The van der Waals surface area contributed by atoms with E-state index in [1.165, 1.54) is 10.9 Å². The third-order valence-electron chi connectivity index (χ3n) is 4.12. The van der Waals surface area contributed by atoms with Crippen molar-refractivity contribution in [1.82, 2.24) is 20.0 Å². The van der Waals surface area contributed by atoms with Gasteiger partial charge in [0.1, 0.15) is 0 Å². The molecule has 0 radical (unpaired) electrons. The van der Waals surface area contributed by atoms with Gasteiger partial charge in [-0.25, -0.2) is 9.48 Å². The summed E-state index contributed by atoms with van der Waals surface area (Å²) in [6.45, 7) is 4.09. The van der Waals surface area contributed by atoms with Crippen molar-refractivity contribution in [3.05, 3.63) is 64.6 Å². The average Bonchev–Trinajstić information content (AvgIpc) is 3.39. The van der Waals surface area contributed by atoms with E-state index >= 15 is 0 Å². The fourth-order valence-electron chi connectivity index (χ4n) is 2.86. The van der Waals surface area contributed by atoms with E-state index in [0.29, 0.717) is 23.1 Å². The molecule has 0 atom stereocenters. The van der Waals surface area contributed by atoms with E-state index in [-0.39, 0.29) is 35.6 Å². The highest BCUT2D eigenvalue weighted by Crippen LogP contribution is 2.19. The fraction of sp³-hybridized carbons (Fsp3) is 0.250. The lowest BCUT2D eigenvalue weighted by Gasteiger charge is -2.11. The van der Waals surface area contributed by atoms with Gasteiger partial charge < -0.3 is 13.6 Å². The highest BCUT2D eigenvalue weighted by molar-refractivity contribution is 6.02. The van der Waals surface area contributed by atoms with Crippen molar-refractivity contribution in [1.29, 1.82) is 0 Å². The van der Waals surface area contributed by atoms with Crippen LogP contribution in [-0.4, -0.2) is 25.9 Å². The third kappa shape index (κ3) is 3.79. The molecule has 0 bridgehead atoms. The quantitative estimate of drug-likeness (QED) is 0.459. The minimum atomic E-state index is -0.684. The maximum absolute atomic E-state index is 12.7. The number of aromatic nitrogens is 4. The number of furan rings is 1.